The Morgan fingerprint density at radius 3 is 2.79 bits per heavy atom. The highest BCUT2D eigenvalue weighted by molar-refractivity contribution is 7.25. The number of hydrogen-bond donors (Lipinski definition) is 2. The van der Waals surface area contributed by atoms with Crippen LogP contribution in [-0.4, -0.2) is 59.0 Å². The molecule has 1 aromatic rings. The molecule has 134 valence electrons. The van der Waals surface area contributed by atoms with Crippen molar-refractivity contribution in [3.05, 3.63) is 32.6 Å². The molecule has 0 saturated carbocycles. The summed E-state index contributed by atoms with van der Waals surface area (Å²) in [6.07, 6.45) is -1.19. The molecular formula is C14H22N2O7P+. The molecule has 0 bridgehead atoms. The molecule has 1 fully saturated rings. The molecule has 10 heteroatoms. The second kappa shape index (κ2) is 8.13. The van der Waals surface area contributed by atoms with E-state index in [0.29, 0.717) is 5.56 Å². The van der Waals surface area contributed by atoms with Crippen molar-refractivity contribution in [2.45, 2.75) is 44.0 Å². The minimum absolute atomic E-state index is 0.205. The van der Waals surface area contributed by atoms with Gasteiger partial charge in [0.15, 0.2) is 12.3 Å². The Morgan fingerprint density at radius 2 is 2.21 bits per heavy atom. The fourth-order valence-corrected chi connectivity index (χ4v) is 3.26. The molecule has 0 amide bonds. The summed E-state index contributed by atoms with van der Waals surface area (Å²) < 4.78 is 29.4. The van der Waals surface area contributed by atoms with Crippen LogP contribution in [0.15, 0.2) is 15.8 Å². The van der Waals surface area contributed by atoms with Gasteiger partial charge in [-0.2, -0.15) is 0 Å². The second-order valence-corrected chi connectivity index (χ2v) is 6.62. The molecular weight excluding hydrogens is 339 g/mol. The molecule has 2 heterocycles. The van der Waals surface area contributed by atoms with Gasteiger partial charge < -0.3 is 19.3 Å². The van der Waals surface area contributed by atoms with Crippen LogP contribution < -0.4 is 11.2 Å². The number of rotatable bonds is 7. The average Bonchev–Trinajstić information content (AvgIpc) is 2.93. The van der Waals surface area contributed by atoms with Crippen molar-refractivity contribution in [3.8, 4) is 0 Å². The molecule has 9 nitrogen and oxygen atoms in total. The summed E-state index contributed by atoms with van der Waals surface area (Å²) in [5.74, 6) is 0. The zero-order chi connectivity index (χ0) is 17.9. The second-order valence-electron chi connectivity index (χ2n) is 5.71. The van der Waals surface area contributed by atoms with Crippen LogP contribution in [0.5, 0.6) is 0 Å². The molecule has 1 aliphatic heterocycles. The highest BCUT2D eigenvalue weighted by atomic mass is 31.1. The normalized spacial score (nSPS) is 28.3. The summed E-state index contributed by atoms with van der Waals surface area (Å²) in [5.41, 5.74) is -1.41. The molecule has 6 unspecified atom stereocenters. The first-order chi connectivity index (χ1) is 11.4. The van der Waals surface area contributed by atoms with E-state index in [1.807, 2.05) is 0 Å². The van der Waals surface area contributed by atoms with Crippen molar-refractivity contribution in [2.24, 2.45) is 0 Å². The Morgan fingerprint density at radius 1 is 1.50 bits per heavy atom. The van der Waals surface area contributed by atoms with E-state index in [2.05, 4.69) is 4.98 Å². The maximum Gasteiger partial charge on any atom is 0.333 e. The first-order valence-corrected chi connectivity index (χ1v) is 8.52. The lowest BCUT2D eigenvalue weighted by molar-refractivity contribution is -0.0883. The number of ether oxygens (including phenoxy) is 3. The van der Waals surface area contributed by atoms with E-state index in [0.717, 1.165) is 0 Å². The van der Waals surface area contributed by atoms with E-state index < -0.39 is 43.8 Å². The van der Waals surface area contributed by atoms with Crippen molar-refractivity contribution in [1.82, 2.24) is 9.55 Å². The van der Waals surface area contributed by atoms with E-state index >= 15 is 0 Å². The number of aryl methyl sites for hydroxylation is 1. The first-order valence-electron chi connectivity index (χ1n) is 7.53. The minimum atomic E-state index is -0.902. The van der Waals surface area contributed by atoms with Gasteiger partial charge >= 0.3 is 14.1 Å². The minimum Gasteiger partial charge on any atom is -0.393 e. The summed E-state index contributed by atoms with van der Waals surface area (Å²) in [5, 5.41) is 9.46. The van der Waals surface area contributed by atoms with Gasteiger partial charge in [-0.15, -0.1) is 0 Å². The van der Waals surface area contributed by atoms with Gasteiger partial charge in [0.1, 0.15) is 6.10 Å². The molecule has 1 aliphatic rings. The standard InChI is InChI=1S/C14H21N2O7P/c1-7-4-16(14(19)15-12(7)18)13-10(22-6-8(2)21-3)11(24-20)9(5-17)23-13/h4,8-11,13,17H,5-6H2,1-3H3,(H,15,18,19)/p+1. The number of nitrogens with one attached hydrogen (secondary N) is 1. The van der Waals surface area contributed by atoms with Crippen LogP contribution in [0.1, 0.15) is 18.7 Å². The van der Waals surface area contributed by atoms with Crippen molar-refractivity contribution in [3.63, 3.8) is 0 Å². The Kier molecular flexibility index (Phi) is 6.42. The maximum atomic E-state index is 12.1. The van der Waals surface area contributed by atoms with Crippen molar-refractivity contribution in [1.29, 1.82) is 0 Å². The number of H-pyrrole nitrogens is 1. The zero-order valence-electron chi connectivity index (χ0n) is 13.7. The van der Waals surface area contributed by atoms with E-state index in [-0.39, 0.29) is 19.3 Å². The topological polar surface area (TPSA) is 120 Å². The van der Waals surface area contributed by atoms with Crippen LogP contribution in [0, 0.1) is 6.92 Å². The lowest BCUT2D eigenvalue weighted by atomic mass is 10.2. The van der Waals surface area contributed by atoms with Gasteiger partial charge in [0.2, 0.25) is 5.66 Å². The lowest BCUT2D eigenvalue weighted by Crippen LogP contribution is -2.39. The fourth-order valence-electron chi connectivity index (χ4n) is 2.53. The Balaban J connectivity index is 2.37. The van der Waals surface area contributed by atoms with Crippen molar-refractivity contribution >= 4 is 8.46 Å². The number of methoxy groups -OCH3 is 1. The van der Waals surface area contributed by atoms with E-state index in [4.69, 9.17) is 14.2 Å². The lowest BCUT2D eigenvalue weighted by Gasteiger charge is -2.22. The number of aliphatic hydroxyl groups excluding tert-OH is 1. The van der Waals surface area contributed by atoms with Crippen LogP contribution in [-0.2, 0) is 18.8 Å². The highest BCUT2D eigenvalue weighted by Crippen LogP contribution is 2.37. The van der Waals surface area contributed by atoms with Gasteiger partial charge in [0, 0.05) is 18.9 Å². The molecule has 1 saturated heterocycles. The predicted octanol–water partition coefficient (Wildman–Crippen LogP) is -0.453. The SMILES string of the molecule is COC(C)COC1C([PH+]=O)C(CO)OC1n1cc(C)c(=O)[nH]c1=O. The van der Waals surface area contributed by atoms with Crippen LogP contribution in [0.4, 0.5) is 0 Å². The zero-order valence-corrected chi connectivity index (χ0v) is 14.7. The highest BCUT2D eigenvalue weighted by Gasteiger charge is 2.51. The first kappa shape index (κ1) is 19.0. The number of hydrogen-bond acceptors (Lipinski definition) is 7. The molecule has 0 aromatic carbocycles. The Bertz CT molecular complexity index is 688. The number of aliphatic hydroxyl groups is 1. The largest absolute Gasteiger partial charge is 0.393 e. The number of nitrogens with zero attached hydrogens (tertiary/aromatic N) is 1. The van der Waals surface area contributed by atoms with Crippen molar-refractivity contribution in [2.75, 3.05) is 20.3 Å². The van der Waals surface area contributed by atoms with Crippen LogP contribution in [0.25, 0.3) is 0 Å². The van der Waals surface area contributed by atoms with Gasteiger partial charge in [-0.05, 0) is 13.8 Å². The van der Waals surface area contributed by atoms with E-state index in [9.17, 15) is 19.3 Å². The molecule has 24 heavy (non-hydrogen) atoms. The maximum absolute atomic E-state index is 12.1. The summed E-state index contributed by atoms with van der Waals surface area (Å²) in [4.78, 5) is 25.9. The molecule has 2 rings (SSSR count). The van der Waals surface area contributed by atoms with Crippen LogP contribution in [0.3, 0.4) is 0 Å². The fraction of sp³-hybridized carbons (Fsp3) is 0.714. The van der Waals surface area contributed by atoms with Gasteiger partial charge in [0.05, 0.1) is 19.3 Å². The molecule has 0 aliphatic carbocycles. The third-order valence-electron chi connectivity index (χ3n) is 4.01. The predicted molar refractivity (Wildman–Crippen MR) is 86.1 cm³/mol. The Labute approximate surface area is 139 Å². The molecule has 0 radical (unpaired) electrons. The van der Waals surface area contributed by atoms with Gasteiger partial charge in [-0.1, -0.05) is 4.57 Å². The molecule has 1 aromatic heterocycles. The average molecular weight is 361 g/mol. The number of aromatic amines is 1. The quantitative estimate of drug-likeness (QED) is 0.631. The Hall–Kier alpha value is -1.38. The number of aromatic nitrogens is 2. The summed E-state index contributed by atoms with van der Waals surface area (Å²) >= 11 is 0. The van der Waals surface area contributed by atoms with Crippen molar-refractivity contribution < 1.29 is 23.9 Å². The molecule has 6 atom stereocenters. The van der Waals surface area contributed by atoms with Gasteiger partial charge in [-0.3, -0.25) is 14.3 Å². The van der Waals surface area contributed by atoms with E-state index in [1.165, 1.54) is 17.9 Å². The van der Waals surface area contributed by atoms with Crippen LogP contribution >= 0.6 is 8.46 Å². The third kappa shape index (κ3) is 3.81. The van der Waals surface area contributed by atoms with Gasteiger partial charge in [-0.25, -0.2) is 4.79 Å². The molecule has 0 spiro atoms. The van der Waals surface area contributed by atoms with Crippen LogP contribution in [0.2, 0.25) is 0 Å². The smallest absolute Gasteiger partial charge is 0.333 e. The third-order valence-corrected chi connectivity index (χ3v) is 4.98. The summed E-state index contributed by atoms with van der Waals surface area (Å²) in [7, 11) is 0.755. The van der Waals surface area contributed by atoms with Gasteiger partial charge in [0.25, 0.3) is 5.56 Å². The summed E-state index contributed by atoms with van der Waals surface area (Å²) in [6.45, 7) is 3.21. The van der Waals surface area contributed by atoms with E-state index in [1.54, 1.807) is 13.8 Å². The molecule has 2 N–H and O–H groups in total. The summed E-state index contributed by atoms with van der Waals surface area (Å²) in [6, 6.07) is 0. The monoisotopic (exact) mass is 361 g/mol.